The fourth-order valence-electron chi connectivity index (χ4n) is 0.411. The van der Waals surface area contributed by atoms with Crippen LogP contribution in [0.25, 0.3) is 0 Å². The van der Waals surface area contributed by atoms with E-state index in [0.717, 1.165) is 0 Å². The zero-order valence-electron chi connectivity index (χ0n) is 5.23. The molecule has 1 atom stereocenters. The van der Waals surface area contributed by atoms with Crippen LogP contribution >= 0.6 is 0 Å². The van der Waals surface area contributed by atoms with Crippen LogP contribution in [0.5, 0.6) is 0 Å². The third-order valence-electron chi connectivity index (χ3n) is 0.708. The molecule has 0 aliphatic rings. The summed E-state index contributed by atoms with van der Waals surface area (Å²) in [6.07, 6.45) is -0.509. The molecule has 0 aromatic rings. The van der Waals surface area contributed by atoms with Crippen LogP contribution in [0.2, 0.25) is 0 Å². The minimum atomic E-state index is -0.509. The van der Waals surface area contributed by atoms with Crippen molar-refractivity contribution in [2.75, 3.05) is 13.6 Å². The van der Waals surface area contributed by atoms with E-state index in [1.54, 1.807) is 14.0 Å². The number of likely N-dealkylation sites (N-methyl/N-ethyl adjacent to an activating group) is 1. The number of aliphatic hydroxyl groups excluding tert-OH is 1. The van der Waals surface area contributed by atoms with Crippen LogP contribution in [-0.4, -0.2) is 24.8 Å². The van der Waals surface area contributed by atoms with Crippen molar-refractivity contribution in [3.63, 3.8) is 0 Å². The molecule has 0 bridgehead atoms. The van der Waals surface area contributed by atoms with E-state index in [1.807, 2.05) is 0 Å². The van der Waals surface area contributed by atoms with Gasteiger partial charge in [0.25, 0.3) is 0 Å². The molecular formula is C6H11NO. The first-order valence-corrected chi connectivity index (χ1v) is 2.56. The van der Waals surface area contributed by atoms with Crippen molar-refractivity contribution >= 4 is 0 Å². The van der Waals surface area contributed by atoms with Gasteiger partial charge in [-0.1, -0.05) is 5.92 Å². The highest BCUT2D eigenvalue weighted by atomic mass is 16.3. The second kappa shape index (κ2) is 4.63. The summed E-state index contributed by atoms with van der Waals surface area (Å²) in [5.41, 5.74) is 0. The van der Waals surface area contributed by atoms with Gasteiger partial charge in [0.1, 0.15) is 6.10 Å². The van der Waals surface area contributed by atoms with E-state index in [2.05, 4.69) is 17.2 Å². The molecule has 2 nitrogen and oxygen atoms in total. The molecule has 0 aromatic heterocycles. The Labute approximate surface area is 49.9 Å². The van der Waals surface area contributed by atoms with Crippen molar-refractivity contribution in [1.29, 1.82) is 0 Å². The Morgan fingerprint density at radius 3 is 2.75 bits per heavy atom. The summed E-state index contributed by atoms with van der Waals surface area (Å²) in [5.74, 6) is 5.20. The third-order valence-corrected chi connectivity index (χ3v) is 0.708. The van der Waals surface area contributed by atoms with Crippen LogP contribution in [0.3, 0.4) is 0 Å². The van der Waals surface area contributed by atoms with Gasteiger partial charge in [-0.25, -0.2) is 0 Å². The number of hydrogen-bond donors (Lipinski definition) is 2. The zero-order valence-corrected chi connectivity index (χ0v) is 5.23. The van der Waals surface area contributed by atoms with Crippen molar-refractivity contribution in [2.24, 2.45) is 0 Å². The maximum Gasteiger partial charge on any atom is 0.127 e. The van der Waals surface area contributed by atoms with Gasteiger partial charge in [-0.2, -0.15) is 0 Å². The molecule has 46 valence electrons. The molecule has 2 N–H and O–H groups in total. The van der Waals surface area contributed by atoms with Gasteiger partial charge >= 0.3 is 0 Å². The SMILES string of the molecule is CC#CC(O)CNC. The third kappa shape index (κ3) is 3.66. The molecule has 0 saturated heterocycles. The van der Waals surface area contributed by atoms with E-state index < -0.39 is 6.10 Å². The highest BCUT2D eigenvalue weighted by molar-refractivity contribution is 5.02. The monoisotopic (exact) mass is 113 g/mol. The van der Waals surface area contributed by atoms with Crippen LogP contribution in [0, 0.1) is 11.8 Å². The van der Waals surface area contributed by atoms with Gasteiger partial charge in [-0.05, 0) is 14.0 Å². The lowest BCUT2D eigenvalue weighted by atomic mass is 10.3. The van der Waals surface area contributed by atoms with Crippen molar-refractivity contribution in [3.05, 3.63) is 0 Å². The van der Waals surface area contributed by atoms with Gasteiger partial charge in [0.2, 0.25) is 0 Å². The second-order valence-electron chi connectivity index (χ2n) is 1.47. The first-order valence-electron chi connectivity index (χ1n) is 2.56. The van der Waals surface area contributed by atoms with Crippen LogP contribution < -0.4 is 5.32 Å². The van der Waals surface area contributed by atoms with Crippen LogP contribution in [-0.2, 0) is 0 Å². The number of aliphatic hydroxyl groups is 1. The summed E-state index contributed by atoms with van der Waals surface area (Å²) in [6, 6.07) is 0. The summed E-state index contributed by atoms with van der Waals surface area (Å²) in [6.45, 7) is 2.25. The Morgan fingerprint density at radius 1 is 1.75 bits per heavy atom. The average Bonchev–Trinajstić information content (AvgIpc) is 1.68. The molecule has 0 fully saturated rings. The van der Waals surface area contributed by atoms with E-state index in [0.29, 0.717) is 6.54 Å². The quantitative estimate of drug-likeness (QED) is 0.477. The summed E-state index contributed by atoms with van der Waals surface area (Å²) in [7, 11) is 1.78. The predicted octanol–water partition coefficient (Wildman–Crippen LogP) is -0.410. The van der Waals surface area contributed by atoms with Crippen molar-refractivity contribution in [2.45, 2.75) is 13.0 Å². The topological polar surface area (TPSA) is 32.3 Å². The molecule has 1 unspecified atom stereocenters. The summed E-state index contributed by atoms with van der Waals surface area (Å²) < 4.78 is 0. The standard InChI is InChI=1S/C6H11NO/c1-3-4-6(8)5-7-2/h6-8H,5H2,1-2H3. The van der Waals surface area contributed by atoms with Gasteiger partial charge < -0.3 is 10.4 Å². The minimum Gasteiger partial charge on any atom is -0.379 e. The number of rotatable bonds is 2. The molecule has 0 spiro atoms. The van der Waals surface area contributed by atoms with Crippen molar-refractivity contribution < 1.29 is 5.11 Å². The zero-order chi connectivity index (χ0) is 6.41. The lowest BCUT2D eigenvalue weighted by Gasteiger charge is -1.98. The smallest absolute Gasteiger partial charge is 0.127 e. The number of nitrogens with one attached hydrogen (secondary N) is 1. The summed E-state index contributed by atoms with van der Waals surface area (Å²) >= 11 is 0. The Balaban J connectivity index is 3.27. The fourth-order valence-corrected chi connectivity index (χ4v) is 0.411. The molecule has 0 heterocycles. The van der Waals surface area contributed by atoms with E-state index >= 15 is 0 Å². The summed E-state index contributed by atoms with van der Waals surface area (Å²) in [4.78, 5) is 0. The van der Waals surface area contributed by atoms with Gasteiger partial charge in [0, 0.05) is 6.54 Å². The van der Waals surface area contributed by atoms with Crippen molar-refractivity contribution in [1.82, 2.24) is 5.32 Å². The normalized spacial score (nSPS) is 11.9. The lowest BCUT2D eigenvalue weighted by molar-refractivity contribution is 0.231. The van der Waals surface area contributed by atoms with E-state index in [1.165, 1.54) is 0 Å². The average molecular weight is 113 g/mol. The van der Waals surface area contributed by atoms with E-state index in [-0.39, 0.29) is 0 Å². The molecule has 0 rings (SSSR count). The minimum absolute atomic E-state index is 0.509. The maximum atomic E-state index is 8.81. The maximum absolute atomic E-state index is 8.81. The summed E-state index contributed by atoms with van der Waals surface area (Å²) in [5, 5.41) is 11.6. The van der Waals surface area contributed by atoms with Gasteiger partial charge in [0.05, 0.1) is 0 Å². The van der Waals surface area contributed by atoms with Gasteiger partial charge in [0.15, 0.2) is 0 Å². The molecular weight excluding hydrogens is 102 g/mol. The van der Waals surface area contributed by atoms with Crippen LogP contribution in [0.1, 0.15) is 6.92 Å². The Hall–Kier alpha value is -0.520. The molecule has 0 aromatic carbocycles. The van der Waals surface area contributed by atoms with Crippen LogP contribution in [0.15, 0.2) is 0 Å². The Bertz CT molecular complexity index is 101. The van der Waals surface area contributed by atoms with E-state index in [4.69, 9.17) is 5.11 Å². The first-order chi connectivity index (χ1) is 3.81. The molecule has 0 amide bonds. The molecule has 0 saturated carbocycles. The van der Waals surface area contributed by atoms with Gasteiger partial charge in [-0.3, -0.25) is 0 Å². The number of hydrogen-bond acceptors (Lipinski definition) is 2. The predicted molar refractivity (Wildman–Crippen MR) is 33.4 cm³/mol. The molecule has 0 aliphatic heterocycles. The highest BCUT2D eigenvalue weighted by Gasteiger charge is 1.91. The fraction of sp³-hybridized carbons (Fsp3) is 0.667. The molecule has 0 radical (unpaired) electrons. The van der Waals surface area contributed by atoms with Gasteiger partial charge in [-0.15, -0.1) is 5.92 Å². The van der Waals surface area contributed by atoms with E-state index in [9.17, 15) is 0 Å². The second-order valence-corrected chi connectivity index (χ2v) is 1.47. The molecule has 8 heavy (non-hydrogen) atoms. The first kappa shape index (κ1) is 7.48. The highest BCUT2D eigenvalue weighted by Crippen LogP contribution is 1.72. The molecule has 2 heteroatoms. The lowest BCUT2D eigenvalue weighted by Crippen LogP contribution is -2.21. The van der Waals surface area contributed by atoms with Crippen molar-refractivity contribution in [3.8, 4) is 11.8 Å². The largest absolute Gasteiger partial charge is 0.379 e. The molecule has 0 aliphatic carbocycles. The van der Waals surface area contributed by atoms with Crippen LogP contribution in [0.4, 0.5) is 0 Å². The Kier molecular flexibility index (Phi) is 4.33. The Morgan fingerprint density at radius 2 is 2.38 bits per heavy atom.